The second-order valence-corrected chi connectivity index (χ2v) is 3.01. The van der Waals surface area contributed by atoms with Gasteiger partial charge in [0.15, 0.2) is 11.0 Å². The fraction of sp³-hybridized carbons (Fsp3) is 0.222. The number of hydrogen-bond acceptors (Lipinski definition) is 2. The lowest BCUT2D eigenvalue weighted by atomic mass is 10.2. The molecule has 1 aromatic heterocycles. The molecule has 0 saturated carbocycles. The first kappa shape index (κ1) is 11.5. The highest BCUT2D eigenvalue weighted by Gasteiger charge is 2.03. The average molecular weight is 227 g/mol. The zero-order chi connectivity index (χ0) is 11.1. The van der Waals surface area contributed by atoms with Gasteiger partial charge in [0.2, 0.25) is 0 Å². The van der Waals surface area contributed by atoms with E-state index in [1.807, 2.05) is 0 Å². The third-order valence-corrected chi connectivity index (χ3v) is 1.90. The van der Waals surface area contributed by atoms with Gasteiger partial charge in [-0.1, -0.05) is 28.9 Å². The molecule has 0 aliphatic rings. The van der Waals surface area contributed by atoms with E-state index in [1.54, 1.807) is 12.2 Å². The SMILES string of the molecule is [N-]=[N+]=NCCC=Cc1ccnc(Cl)c1F. The van der Waals surface area contributed by atoms with E-state index in [0.29, 0.717) is 18.5 Å². The zero-order valence-corrected chi connectivity index (χ0v) is 8.52. The average Bonchev–Trinajstić information content (AvgIpc) is 2.24. The van der Waals surface area contributed by atoms with Crippen molar-refractivity contribution in [1.82, 2.24) is 4.98 Å². The van der Waals surface area contributed by atoms with E-state index in [0.717, 1.165) is 0 Å². The Balaban J connectivity index is 2.64. The second kappa shape index (κ2) is 6.01. The molecule has 15 heavy (non-hydrogen) atoms. The van der Waals surface area contributed by atoms with Crippen molar-refractivity contribution in [1.29, 1.82) is 0 Å². The molecular formula is C9H8ClFN4. The van der Waals surface area contributed by atoms with Crippen LogP contribution < -0.4 is 0 Å². The van der Waals surface area contributed by atoms with Crippen molar-refractivity contribution in [2.24, 2.45) is 5.11 Å². The van der Waals surface area contributed by atoms with Gasteiger partial charge in [0.25, 0.3) is 0 Å². The van der Waals surface area contributed by atoms with Crippen molar-refractivity contribution in [3.8, 4) is 0 Å². The molecule has 0 aliphatic heterocycles. The fourth-order valence-corrected chi connectivity index (χ4v) is 1.11. The lowest BCUT2D eigenvalue weighted by molar-refractivity contribution is 0.619. The van der Waals surface area contributed by atoms with Crippen LogP contribution in [0.3, 0.4) is 0 Å². The van der Waals surface area contributed by atoms with Crippen LogP contribution in [0.5, 0.6) is 0 Å². The molecule has 0 fully saturated rings. The van der Waals surface area contributed by atoms with E-state index >= 15 is 0 Å². The summed E-state index contributed by atoms with van der Waals surface area (Å²) in [6, 6.07) is 1.52. The number of rotatable bonds is 4. The van der Waals surface area contributed by atoms with Gasteiger partial charge in [-0.15, -0.1) is 0 Å². The summed E-state index contributed by atoms with van der Waals surface area (Å²) in [5.41, 5.74) is 8.38. The second-order valence-electron chi connectivity index (χ2n) is 2.65. The number of azide groups is 1. The van der Waals surface area contributed by atoms with E-state index in [2.05, 4.69) is 15.0 Å². The van der Waals surface area contributed by atoms with Crippen LogP contribution in [0.25, 0.3) is 16.5 Å². The number of aromatic nitrogens is 1. The lowest BCUT2D eigenvalue weighted by Crippen LogP contribution is -1.86. The first-order chi connectivity index (χ1) is 7.25. The first-order valence-corrected chi connectivity index (χ1v) is 4.61. The van der Waals surface area contributed by atoms with Crippen molar-refractivity contribution in [3.05, 3.63) is 45.3 Å². The summed E-state index contributed by atoms with van der Waals surface area (Å²) >= 11 is 5.49. The first-order valence-electron chi connectivity index (χ1n) is 4.23. The maximum atomic E-state index is 13.2. The summed E-state index contributed by atoms with van der Waals surface area (Å²) < 4.78 is 13.2. The van der Waals surface area contributed by atoms with Gasteiger partial charge in [0, 0.05) is 23.2 Å². The Kier molecular flexibility index (Phi) is 4.60. The van der Waals surface area contributed by atoms with E-state index in [4.69, 9.17) is 17.1 Å². The Bertz CT molecular complexity index is 413. The van der Waals surface area contributed by atoms with Gasteiger partial charge in [-0.05, 0) is 18.0 Å². The number of halogens is 2. The minimum atomic E-state index is -0.542. The minimum absolute atomic E-state index is 0.146. The van der Waals surface area contributed by atoms with Crippen LogP contribution in [0.2, 0.25) is 5.15 Å². The molecule has 0 bridgehead atoms. The van der Waals surface area contributed by atoms with E-state index < -0.39 is 5.82 Å². The Morgan fingerprint density at radius 3 is 3.20 bits per heavy atom. The van der Waals surface area contributed by atoms with Crippen LogP contribution in [-0.4, -0.2) is 11.5 Å². The summed E-state index contributed by atoms with van der Waals surface area (Å²) in [6.07, 6.45) is 5.28. The molecule has 0 unspecified atom stereocenters. The van der Waals surface area contributed by atoms with Crippen LogP contribution in [-0.2, 0) is 0 Å². The third-order valence-electron chi connectivity index (χ3n) is 1.63. The Hall–Kier alpha value is -1.58. The van der Waals surface area contributed by atoms with Crippen LogP contribution >= 0.6 is 11.6 Å². The predicted octanol–water partition coefficient (Wildman–Crippen LogP) is 3.59. The van der Waals surface area contributed by atoms with Crippen molar-refractivity contribution in [3.63, 3.8) is 0 Å². The summed E-state index contributed by atoms with van der Waals surface area (Å²) in [5, 5.41) is 3.19. The highest BCUT2D eigenvalue weighted by molar-refractivity contribution is 6.29. The van der Waals surface area contributed by atoms with E-state index in [9.17, 15) is 4.39 Å². The molecule has 0 amide bonds. The zero-order valence-electron chi connectivity index (χ0n) is 7.77. The smallest absolute Gasteiger partial charge is 0.167 e. The normalized spacial score (nSPS) is 10.3. The molecule has 0 aliphatic carbocycles. The van der Waals surface area contributed by atoms with Crippen molar-refractivity contribution >= 4 is 17.7 Å². The minimum Gasteiger partial charge on any atom is -0.242 e. The largest absolute Gasteiger partial charge is 0.242 e. The molecule has 0 atom stereocenters. The van der Waals surface area contributed by atoms with E-state index in [1.165, 1.54) is 12.3 Å². The van der Waals surface area contributed by atoms with Gasteiger partial charge >= 0.3 is 0 Å². The van der Waals surface area contributed by atoms with Gasteiger partial charge in [0.05, 0.1) is 0 Å². The van der Waals surface area contributed by atoms with Gasteiger partial charge in [0.1, 0.15) is 0 Å². The summed E-state index contributed by atoms with van der Waals surface area (Å²) in [4.78, 5) is 6.18. The molecule has 0 spiro atoms. The van der Waals surface area contributed by atoms with Crippen molar-refractivity contribution in [2.75, 3.05) is 6.54 Å². The standard InChI is InChI=1S/C9H8ClFN4/c10-9-8(11)7(4-6-13-9)3-1-2-5-14-15-12/h1,3-4,6H,2,5H2. The third kappa shape index (κ3) is 3.58. The number of nitrogens with zero attached hydrogens (tertiary/aromatic N) is 4. The predicted molar refractivity (Wildman–Crippen MR) is 56.9 cm³/mol. The summed E-state index contributed by atoms with van der Waals surface area (Å²) in [5.74, 6) is -0.542. The lowest BCUT2D eigenvalue weighted by Gasteiger charge is -1.96. The molecule has 4 nitrogen and oxygen atoms in total. The Morgan fingerprint density at radius 2 is 2.47 bits per heavy atom. The monoisotopic (exact) mass is 226 g/mol. The Morgan fingerprint density at radius 1 is 1.67 bits per heavy atom. The van der Waals surface area contributed by atoms with Crippen molar-refractivity contribution in [2.45, 2.75) is 6.42 Å². The molecule has 0 N–H and O–H groups in total. The topological polar surface area (TPSA) is 61.7 Å². The molecule has 78 valence electrons. The van der Waals surface area contributed by atoms with E-state index in [-0.39, 0.29) is 5.15 Å². The molecule has 0 radical (unpaired) electrons. The molecule has 1 rings (SSSR count). The molecule has 0 aromatic carbocycles. The Labute approximate surface area is 91.0 Å². The molecule has 6 heteroatoms. The van der Waals surface area contributed by atoms with Crippen LogP contribution in [0.4, 0.5) is 4.39 Å². The van der Waals surface area contributed by atoms with Crippen molar-refractivity contribution < 1.29 is 4.39 Å². The number of pyridine rings is 1. The molecule has 1 heterocycles. The highest BCUT2D eigenvalue weighted by atomic mass is 35.5. The van der Waals surface area contributed by atoms with Crippen LogP contribution in [0.15, 0.2) is 23.5 Å². The maximum Gasteiger partial charge on any atom is 0.167 e. The maximum absolute atomic E-state index is 13.2. The van der Waals surface area contributed by atoms with Gasteiger partial charge < -0.3 is 0 Å². The fourth-order valence-electron chi connectivity index (χ4n) is 0.948. The van der Waals surface area contributed by atoms with Gasteiger partial charge in [-0.2, -0.15) is 0 Å². The summed E-state index contributed by atoms with van der Waals surface area (Å²) in [7, 11) is 0. The summed E-state index contributed by atoms with van der Waals surface area (Å²) in [6.45, 7) is 0.355. The number of hydrogen-bond donors (Lipinski definition) is 0. The quantitative estimate of drug-likeness (QED) is 0.254. The van der Waals surface area contributed by atoms with Crippen LogP contribution in [0, 0.1) is 5.82 Å². The molecule has 1 aromatic rings. The molecular weight excluding hydrogens is 219 g/mol. The van der Waals surface area contributed by atoms with Gasteiger partial charge in [-0.3, -0.25) is 0 Å². The van der Waals surface area contributed by atoms with Crippen LogP contribution in [0.1, 0.15) is 12.0 Å². The van der Waals surface area contributed by atoms with Gasteiger partial charge in [-0.25, -0.2) is 9.37 Å². The highest BCUT2D eigenvalue weighted by Crippen LogP contribution is 2.16. The molecule has 0 saturated heterocycles.